The van der Waals surface area contributed by atoms with Gasteiger partial charge in [0, 0.05) is 12.4 Å². The third kappa shape index (κ3) is 3.12. The Hall–Kier alpha value is -1.79. The van der Waals surface area contributed by atoms with Crippen LogP contribution in [-0.4, -0.2) is 33.5 Å². The predicted octanol–water partition coefficient (Wildman–Crippen LogP) is 1.24. The molecule has 0 aromatic carbocycles. The zero-order chi connectivity index (χ0) is 11.4. The number of hydrogen-bond acceptors (Lipinski definition) is 4. The second kappa shape index (κ2) is 4.63. The van der Waals surface area contributed by atoms with Crippen LogP contribution in [0, 0.1) is 0 Å². The number of carboxylic acid groups (broad SMARTS) is 1. The van der Waals surface area contributed by atoms with Crippen molar-refractivity contribution in [2.24, 2.45) is 0 Å². The van der Waals surface area contributed by atoms with Crippen LogP contribution in [-0.2, 0) is 0 Å². The summed E-state index contributed by atoms with van der Waals surface area (Å²) in [5, 5.41) is 10.9. The highest BCUT2D eigenvalue weighted by atomic mass is 19.3. The molecule has 0 bridgehead atoms. The minimum atomic E-state index is -2.53. The van der Waals surface area contributed by atoms with E-state index >= 15 is 0 Å². The number of nitrogens with zero attached hydrogens (tertiary/aromatic N) is 2. The molecule has 0 spiro atoms. The predicted molar refractivity (Wildman–Crippen MR) is 48.1 cm³/mol. The first-order valence-electron chi connectivity index (χ1n) is 4.10. The fourth-order valence-electron chi connectivity index (χ4n) is 0.780. The number of aromatic nitrogens is 2. The molecule has 1 atom stereocenters. The zero-order valence-electron chi connectivity index (χ0n) is 7.82. The summed E-state index contributed by atoms with van der Waals surface area (Å²) in [6.45, 7) is 1.28. The normalized spacial score (nSPS) is 12.5. The van der Waals surface area contributed by atoms with Crippen LogP contribution >= 0.6 is 0 Å². The number of anilines is 1. The van der Waals surface area contributed by atoms with Crippen LogP contribution in [0.25, 0.3) is 0 Å². The van der Waals surface area contributed by atoms with Gasteiger partial charge in [-0.05, 0) is 6.92 Å². The molecular formula is C8H9F2N3O2. The standard InChI is InChI=1S/C8H9F2N3O2/c1-4(6(9)10)13-8-11-2-5(3-12-8)7(14)15/h2-4,6H,1H3,(H,14,15)(H,11,12,13). The van der Waals surface area contributed by atoms with E-state index in [-0.39, 0.29) is 11.5 Å². The second-order valence-electron chi connectivity index (χ2n) is 2.87. The van der Waals surface area contributed by atoms with Crippen LogP contribution in [0.3, 0.4) is 0 Å². The Bertz CT molecular complexity index is 342. The van der Waals surface area contributed by atoms with Gasteiger partial charge in [0.2, 0.25) is 5.95 Å². The Labute approximate surface area is 84.2 Å². The molecule has 82 valence electrons. The maximum atomic E-state index is 12.1. The molecule has 1 heterocycles. The lowest BCUT2D eigenvalue weighted by Gasteiger charge is -2.11. The summed E-state index contributed by atoms with van der Waals surface area (Å²) in [5.74, 6) is -1.18. The first-order chi connectivity index (χ1) is 7.00. The lowest BCUT2D eigenvalue weighted by Crippen LogP contribution is -2.25. The highest BCUT2D eigenvalue weighted by Gasteiger charge is 2.15. The Morgan fingerprint density at radius 3 is 2.40 bits per heavy atom. The van der Waals surface area contributed by atoms with Gasteiger partial charge in [0.15, 0.2) is 0 Å². The summed E-state index contributed by atoms with van der Waals surface area (Å²) < 4.78 is 24.2. The monoisotopic (exact) mass is 217 g/mol. The van der Waals surface area contributed by atoms with E-state index in [1.165, 1.54) is 6.92 Å². The van der Waals surface area contributed by atoms with E-state index in [4.69, 9.17) is 5.11 Å². The van der Waals surface area contributed by atoms with Crippen molar-refractivity contribution in [3.8, 4) is 0 Å². The van der Waals surface area contributed by atoms with Crippen molar-refractivity contribution in [1.82, 2.24) is 9.97 Å². The van der Waals surface area contributed by atoms with E-state index in [9.17, 15) is 13.6 Å². The lowest BCUT2D eigenvalue weighted by atomic mass is 10.3. The van der Waals surface area contributed by atoms with Crippen LogP contribution in [0.1, 0.15) is 17.3 Å². The Morgan fingerprint density at radius 2 is 2.00 bits per heavy atom. The van der Waals surface area contributed by atoms with E-state index < -0.39 is 18.4 Å². The lowest BCUT2D eigenvalue weighted by molar-refractivity contribution is 0.0696. The van der Waals surface area contributed by atoms with Gasteiger partial charge >= 0.3 is 5.97 Å². The van der Waals surface area contributed by atoms with Gasteiger partial charge in [-0.3, -0.25) is 0 Å². The fraction of sp³-hybridized carbons (Fsp3) is 0.375. The minimum absolute atomic E-state index is 0.0206. The number of carboxylic acids is 1. The van der Waals surface area contributed by atoms with Crippen molar-refractivity contribution in [2.45, 2.75) is 19.4 Å². The maximum Gasteiger partial charge on any atom is 0.338 e. The molecule has 2 N–H and O–H groups in total. The Balaban J connectivity index is 2.68. The summed E-state index contributed by atoms with van der Waals surface area (Å²) in [4.78, 5) is 17.6. The number of carbonyl (C=O) groups is 1. The van der Waals surface area contributed by atoms with Gasteiger partial charge in [0.05, 0.1) is 11.6 Å². The highest BCUT2D eigenvalue weighted by molar-refractivity contribution is 5.86. The summed E-state index contributed by atoms with van der Waals surface area (Å²) in [7, 11) is 0. The fourth-order valence-corrected chi connectivity index (χ4v) is 0.780. The van der Waals surface area contributed by atoms with Crippen molar-refractivity contribution in [1.29, 1.82) is 0 Å². The van der Waals surface area contributed by atoms with E-state index in [0.29, 0.717) is 0 Å². The van der Waals surface area contributed by atoms with Gasteiger partial charge < -0.3 is 10.4 Å². The van der Waals surface area contributed by atoms with Crippen molar-refractivity contribution in [3.05, 3.63) is 18.0 Å². The number of hydrogen-bond donors (Lipinski definition) is 2. The average Bonchev–Trinajstić information content (AvgIpc) is 2.18. The number of rotatable bonds is 4. The second-order valence-corrected chi connectivity index (χ2v) is 2.87. The van der Waals surface area contributed by atoms with Crippen LogP contribution in [0.15, 0.2) is 12.4 Å². The van der Waals surface area contributed by atoms with Gasteiger partial charge in [0.25, 0.3) is 6.43 Å². The SMILES string of the molecule is CC(Nc1ncc(C(=O)O)cn1)C(F)F. The van der Waals surface area contributed by atoms with Crippen molar-refractivity contribution < 1.29 is 18.7 Å². The van der Waals surface area contributed by atoms with E-state index in [1.807, 2.05) is 0 Å². The molecule has 1 aromatic heterocycles. The molecule has 7 heteroatoms. The smallest absolute Gasteiger partial charge is 0.338 e. The maximum absolute atomic E-state index is 12.1. The quantitative estimate of drug-likeness (QED) is 0.793. The zero-order valence-corrected chi connectivity index (χ0v) is 7.82. The molecule has 0 aliphatic rings. The number of aromatic carboxylic acids is 1. The van der Waals surface area contributed by atoms with Gasteiger partial charge in [0.1, 0.15) is 0 Å². The number of nitrogens with one attached hydrogen (secondary N) is 1. The van der Waals surface area contributed by atoms with E-state index in [0.717, 1.165) is 12.4 Å². The molecule has 0 saturated heterocycles. The Morgan fingerprint density at radius 1 is 1.47 bits per heavy atom. The molecule has 1 rings (SSSR count). The summed E-state index contributed by atoms with van der Waals surface area (Å²) in [6.07, 6.45) is -0.432. The Kier molecular flexibility index (Phi) is 3.48. The van der Waals surface area contributed by atoms with Crippen molar-refractivity contribution in [2.75, 3.05) is 5.32 Å². The van der Waals surface area contributed by atoms with Gasteiger partial charge in [-0.15, -0.1) is 0 Å². The van der Waals surface area contributed by atoms with Crippen LogP contribution < -0.4 is 5.32 Å². The van der Waals surface area contributed by atoms with Gasteiger partial charge in [-0.25, -0.2) is 23.5 Å². The summed E-state index contributed by atoms with van der Waals surface area (Å²) >= 11 is 0. The minimum Gasteiger partial charge on any atom is -0.478 e. The largest absolute Gasteiger partial charge is 0.478 e. The summed E-state index contributed by atoms with van der Waals surface area (Å²) in [6, 6.07) is -1.08. The molecule has 0 radical (unpaired) electrons. The van der Waals surface area contributed by atoms with Crippen LogP contribution in [0.4, 0.5) is 14.7 Å². The van der Waals surface area contributed by atoms with Crippen LogP contribution in [0.2, 0.25) is 0 Å². The van der Waals surface area contributed by atoms with Crippen molar-refractivity contribution >= 4 is 11.9 Å². The molecule has 0 saturated carbocycles. The summed E-state index contributed by atoms with van der Waals surface area (Å²) in [5.41, 5.74) is -0.0924. The van der Waals surface area contributed by atoms with E-state index in [1.54, 1.807) is 0 Å². The van der Waals surface area contributed by atoms with Gasteiger partial charge in [-0.1, -0.05) is 0 Å². The highest BCUT2D eigenvalue weighted by Crippen LogP contribution is 2.07. The van der Waals surface area contributed by atoms with Crippen molar-refractivity contribution in [3.63, 3.8) is 0 Å². The molecule has 1 unspecified atom stereocenters. The van der Waals surface area contributed by atoms with Crippen LogP contribution in [0.5, 0.6) is 0 Å². The molecule has 0 amide bonds. The molecule has 0 fully saturated rings. The van der Waals surface area contributed by atoms with E-state index in [2.05, 4.69) is 15.3 Å². The number of alkyl halides is 2. The third-order valence-corrected chi connectivity index (χ3v) is 1.63. The molecule has 0 aliphatic heterocycles. The van der Waals surface area contributed by atoms with Gasteiger partial charge in [-0.2, -0.15) is 0 Å². The number of halogens is 2. The molecule has 15 heavy (non-hydrogen) atoms. The first kappa shape index (κ1) is 11.3. The third-order valence-electron chi connectivity index (χ3n) is 1.63. The molecule has 0 aliphatic carbocycles. The average molecular weight is 217 g/mol. The topological polar surface area (TPSA) is 75.1 Å². The molecule has 1 aromatic rings. The molecular weight excluding hydrogens is 208 g/mol. The first-order valence-corrected chi connectivity index (χ1v) is 4.10. The molecule has 5 nitrogen and oxygen atoms in total.